The largest absolute Gasteiger partial charge is 0.390 e. The summed E-state index contributed by atoms with van der Waals surface area (Å²) >= 11 is 6.02. The molecule has 0 amide bonds. The lowest BCUT2D eigenvalue weighted by atomic mass is 9.90. The lowest BCUT2D eigenvalue weighted by molar-refractivity contribution is 0.628. The summed E-state index contributed by atoms with van der Waals surface area (Å²) < 4.78 is 13.6. The van der Waals surface area contributed by atoms with Crippen LogP contribution in [-0.4, -0.2) is 11.3 Å². The fraction of sp³-hybridized carbons (Fsp3) is 0.0952. The number of nitrogens with zero attached hydrogens (tertiary/aromatic N) is 2. The molecule has 26 heavy (non-hydrogen) atoms. The van der Waals surface area contributed by atoms with Gasteiger partial charge in [0.2, 0.25) is 0 Å². The third-order valence-electron chi connectivity index (χ3n) is 4.00. The van der Waals surface area contributed by atoms with Gasteiger partial charge in [0.1, 0.15) is 5.82 Å². The normalized spacial score (nSPS) is 14.5. The van der Waals surface area contributed by atoms with Gasteiger partial charge in [-0.15, -0.1) is 5.73 Å². The van der Waals surface area contributed by atoms with Crippen molar-refractivity contribution in [2.45, 2.75) is 13.8 Å². The Morgan fingerprint density at radius 1 is 1.19 bits per heavy atom. The van der Waals surface area contributed by atoms with E-state index in [2.05, 4.69) is 21.8 Å². The molecular weight excluding hydrogens is 349 g/mol. The molecular formula is C21H17ClFN3. The first-order valence-corrected chi connectivity index (χ1v) is 8.39. The van der Waals surface area contributed by atoms with E-state index in [1.165, 1.54) is 12.4 Å². The highest BCUT2D eigenvalue weighted by molar-refractivity contribution is 6.31. The maximum absolute atomic E-state index is 13.6. The second-order valence-electron chi connectivity index (χ2n) is 5.90. The van der Waals surface area contributed by atoms with Crippen LogP contribution in [0, 0.1) is 5.82 Å². The monoisotopic (exact) mass is 365 g/mol. The molecule has 1 aromatic carbocycles. The molecule has 2 aromatic rings. The zero-order chi connectivity index (χ0) is 18.7. The van der Waals surface area contributed by atoms with Crippen LogP contribution >= 0.6 is 11.6 Å². The molecule has 0 saturated heterocycles. The standard InChI is InChI=1S/C21H17ClFN3/c1-13-3-4-14(2)21(16-5-6-19(23)18(22)10-16)17(9-13)15-7-8-25-20(11-15)26-12-24/h3,5-12H,1-2H3,(H2,24,25,26). The van der Waals surface area contributed by atoms with Crippen LogP contribution < -0.4 is 5.73 Å². The molecule has 1 aliphatic rings. The number of benzene rings is 1. The van der Waals surface area contributed by atoms with Crippen molar-refractivity contribution >= 4 is 34.9 Å². The lowest BCUT2D eigenvalue weighted by Crippen LogP contribution is -1.94. The van der Waals surface area contributed by atoms with Crippen LogP contribution in [0.5, 0.6) is 0 Å². The summed E-state index contributed by atoms with van der Waals surface area (Å²) in [5, 5.41) is 0.0826. The molecule has 1 aliphatic carbocycles. The lowest BCUT2D eigenvalue weighted by Gasteiger charge is -2.14. The van der Waals surface area contributed by atoms with Gasteiger partial charge in [-0.3, -0.25) is 0 Å². The average Bonchev–Trinajstić information content (AvgIpc) is 2.77. The van der Waals surface area contributed by atoms with Crippen molar-refractivity contribution in [1.82, 2.24) is 4.98 Å². The van der Waals surface area contributed by atoms with Crippen LogP contribution in [0.15, 0.2) is 70.6 Å². The van der Waals surface area contributed by atoms with Gasteiger partial charge in [-0.25, -0.2) is 14.4 Å². The SMILES string of the molecule is CC1=C=CC(C)=CC(c2ccnc(N=CN)c2)=C1c1ccc(F)c(Cl)c1. The summed E-state index contributed by atoms with van der Waals surface area (Å²) in [4.78, 5) is 8.23. The minimum atomic E-state index is -0.446. The average molecular weight is 366 g/mol. The Bertz CT molecular complexity index is 1030. The van der Waals surface area contributed by atoms with Gasteiger partial charge in [0.05, 0.1) is 11.4 Å². The van der Waals surface area contributed by atoms with E-state index in [1.807, 2.05) is 32.1 Å². The number of hydrogen-bond donors (Lipinski definition) is 1. The van der Waals surface area contributed by atoms with E-state index >= 15 is 0 Å². The minimum Gasteiger partial charge on any atom is -0.390 e. The molecule has 0 atom stereocenters. The molecule has 0 radical (unpaired) electrons. The number of aliphatic imine (C=N–C) groups is 1. The molecule has 0 bridgehead atoms. The third kappa shape index (κ3) is 3.67. The number of allylic oxidation sites excluding steroid dienone is 5. The van der Waals surface area contributed by atoms with Crippen LogP contribution in [-0.2, 0) is 0 Å². The molecule has 0 spiro atoms. The van der Waals surface area contributed by atoms with E-state index in [9.17, 15) is 4.39 Å². The predicted molar refractivity (Wildman–Crippen MR) is 106 cm³/mol. The van der Waals surface area contributed by atoms with Gasteiger partial charge in [0.25, 0.3) is 0 Å². The van der Waals surface area contributed by atoms with E-state index in [0.29, 0.717) is 5.82 Å². The Morgan fingerprint density at radius 2 is 2.00 bits per heavy atom. The summed E-state index contributed by atoms with van der Waals surface area (Å²) in [5.74, 6) is 0.0671. The Labute approximate surface area is 156 Å². The third-order valence-corrected chi connectivity index (χ3v) is 4.29. The molecule has 3 rings (SSSR count). The van der Waals surface area contributed by atoms with Gasteiger partial charge in [-0.05, 0) is 72.0 Å². The number of hydrogen-bond acceptors (Lipinski definition) is 2. The molecule has 1 heterocycles. The Kier molecular flexibility index (Phi) is 5.17. The quantitative estimate of drug-likeness (QED) is 0.445. The maximum Gasteiger partial charge on any atom is 0.154 e. The zero-order valence-electron chi connectivity index (χ0n) is 14.4. The maximum atomic E-state index is 13.6. The molecule has 0 unspecified atom stereocenters. The van der Waals surface area contributed by atoms with E-state index < -0.39 is 5.82 Å². The first-order chi connectivity index (χ1) is 12.5. The number of halogens is 2. The zero-order valence-corrected chi connectivity index (χ0v) is 15.2. The number of pyridine rings is 1. The van der Waals surface area contributed by atoms with Crippen LogP contribution in [0.25, 0.3) is 11.1 Å². The number of rotatable bonds is 3. The molecule has 0 aliphatic heterocycles. The number of aromatic nitrogens is 1. The highest BCUT2D eigenvalue weighted by atomic mass is 35.5. The van der Waals surface area contributed by atoms with E-state index in [1.54, 1.807) is 18.3 Å². The van der Waals surface area contributed by atoms with Crippen molar-refractivity contribution in [1.29, 1.82) is 0 Å². The summed E-state index contributed by atoms with van der Waals surface area (Å²) in [6.07, 6.45) is 6.87. The van der Waals surface area contributed by atoms with Crippen LogP contribution in [0.2, 0.25) is 5.02 Å². The topological polar surface area (TPSA) is 51.3 Å². The van der Waals surface area contributed by atoms with Crippen molar-refractivity contribution in [2.24, 2.45) is 10.7 Å². The van der Waals surface area contributed by atoms with Crippen molar-refractivity contribution in [2.75, 3.05) is 0 Å². The van der Waals surface area contributed by atoms with Gasteiger partial charge >= 0.3 is 0 Å². The van der Waals surface area contributed by atoms with E-state index in [4.69, 9.17) is 17.3 Å². The highest BCUT2D eigenvalue weighted by Crippen LogP contribution is 2.36. The molecule has 5 heteroatoms. The number of nitrogens with two attached hydrogens (primary N) is 1. The van der Waals surface area contributed by atoms with E-state index in [-0.39, 0.29) is 5.02 Å². The van der Waals surface area contributed by atoms with Crippen LogP contribution in [0.3, 0.4) is 0 Å². The van der Waals surface area contributed by atoms with Crippen molar-refractivity contribution in [3.8, 4) is 0 Å². The minimum absolute atomic E-state index is 0.0826. The summed E-state index contributed by atoms with van der Waals surface area (Å²) in [7, 11) is 0. The van der Waals surface area contributed by atoms with Crippen LogP contribution in [0.1, 0.15) is 25.0 Å². The van der Waals surface area contributed by atoms with Gasteiger partial charge in [0, 0.05) is 11.8 Å². The highest BCUT2D eigenvalue weighted by Gasteiger charge is 2.16. The van der Waals surface area contributed by atoms with Crippen molar-refractivity contribution in [3.05, 3.63) is 87.5 Å². The van der Waals surface area contributed by atoms with Gasteiger partial charge in [0.15, 0.2) is 5.82 Å². The Hall–Kier alpha value is -2.94. The molecule has 0 fully saturated rings. The van der Waals surface area contributed by atoms with E-state index in [0.717, 1.165) is 33.4 Å². The first kappa shape index (κ1) is 17.9. The van der Waals surface area contributed by atoms with Gasteiger partial charge in [-0.1, -0.05) is 23.7 Å². The molecule has 3 nitrogen and oxygen atoms in total. The smallest absolute Gasteiger partial charge is 0.154 e. The van der Waals surface area contributed by atoms with Crippen LogP contribution in [0.4, 0.5) is 10.2 Å². The molecule has 1 aromatic heterocycles. The van der Waals surface area contributed by atoms with Gasteiger partial charge in [-0.2, -0.15) is 0 Å². The second kappa shape index (κ2) is 7.52. The summed E-state index contributed by atoms with van der Waals surface area (Å²) in [6.45, 7) is 3.97. The molecule has 2 N–H and O–H groups in total. The Morgan fingerprint density at radius 3 is 2.73 bits per heavy atom. The Balaban J connectivity index is 2.31. The molecule has 0 saturated carbocycles. The fourth-order valence-electron chi connectivity index (χ4n) is 2.82. The summed E-state index contributed by atoms with van der Waals surface area (Å²) in [5.41, 5.74) is 14.3. The van der Waals surface area contributed by atoms with Gasteiger partial charge < -0.3 is 5.73 Å². The predicted octanol–water partition coefficient (Wildman–Crippen LogP) is 5.46. The molecule has 130 valence electrons. The first-order valence-electron chi connectivity index (χ1n) is 8.02. The fourth-order valence-corrected chi connectivity index (χ4v) is 3.00. The second-order valence-corrected chi connectivity index (χ2v) is 6.31. The summed E-state index contributed by atoms with van der Waals surface area (Å²) in [6, 6.07) is 8.48. The van der Waals surface area contributed by atoms with Crippen molar-refractivity contribution in [3.63, 3.8) is 0 Å². The van der Waals surface area contributed by atoms with Crippen molar-refractivity contribution < 1.29 is 4.39 Å².